The van der Waals surface area contributed by atoms with E-state index in [0.717, 1.165) is 25.2 Å². The van der Waals surface area contributed by atoms with Crippen LogP contribution < -0.4 is 16.0 Å². The van der Waals surface area contributed by atoms with Crippen molar-refractivity contribution in [1.29, 1.82) is 0 Å². The maximum atomic E-state index is 12.1. The number of amides is 1. The number of likely N-dealkylation sites (tertiary alicyclic amines) is 1. The minimum absolute atomic E-state index is 0.0524. The first-order chi connectivity index (χ1) is 14.2. The first-order valence-electron chi connectivity index (χ1n) is 10.3. The first kappa shape index (κ1) is 20.9. The number of nitrogens with one attached hydrogen (secondary N) is 3. The molecule has 3 N–H and O–H groups in total. The van der Waals surface area contributed by atoms with Crippen molar-refractivity contribution in [1.82, 2.24) is 20.9 Å². The number of carbonyl (C=O) groups is 1. The van der Waals surface area contributed by atoms with Gasteiger partial charge in [0, 0.05) is 32.7 Å². The lowest BCUT2D eigenvalue weighted by Gasteiger charge is -2.25. The number of benzene rings is 2. The number of hydrogen-bond donors (Lipinski definition) is 3. The summed E-state index contributed by atoms with van der Waals surface area (Å²) in [6.45, 7) is 3.64. The van der Waals surface area contributed by atoms with Crippen molar-refractivity contribution in [3.63, 3.8) is 0 Å². The molecule has 6 heteroatoms. The Labute approximate surface area is 173 Å². The quantitative estimate of drug-likeness (QED) is 0.475. The predicted octanol–water partition coefficient (Wildman–Crippen LogP) is 2.13. The molecule has 0 aromatic heterocycles. The molecule has 0 saturated carbocycles. The summed E-state index contributed by atoms with van der Waals surface area (Å²) in [6, 6.07) is 21.0. The van der Waals surface area contributed by atoms with E-state index in [2.05, 4.69) is 56.2 Å². The van der Waals surface area contributed by atoms with Crippen LogP contribution in [0.1, 0.15) is 24.0 Å². The summed E-state index contributed by atoms with van der Waals surface area (Å²) in [6.07, 6.45) is 2.39. The molecule has 3 rings (SSSR count). The fraction of sp³-hybridized carbons (Fsp3) is 0.391. The SMILES string of the molecule is CN=C(NCC(=O)NCc1ccccc1)NCC1CCCN1Cc1ccccc1. The molecule has 0 spiro atoms. The van der Waals surface area contributed by atoms with E-state index in [1.54, 1.807) is 7.05 Å². The topological polar surface area (TPSA) is 68.8 Å². The average Bonchev–Trinajstić information content (AvgIpc) is 3.20. The van der Waals surface area contributed by atoms with Crippen LogP contribution >= 0.6 is 0 Å². The largest absolute Gasteiger partial charge is 0.355 e. The number of nitrogens with zero attached hydrogens (tertiary/aromatic N) is 2. The molecule has 2 aromatic carbocycles. The number of hydrogen-bond acceptors (Lipinski definition) is 3. The summed E-state index contributed by atoms with van der Waals surface area (Å²) in [7, 11) is 1.73. The third-order valence-electron chi connectivity index (χ3n) is 5.21. The minimum atomic E-state index is -0.0524. The molecule has 1 fully saturated rings. The normalized spacial score (nSPS) is 17.1. The van der Waals surface area contributed by atoms with Gasteiger partial charge in [0.05, 0.1) is 6.54 Å². The van der Waals surface area contributed by atoms with Crippen LogP contribution in [0.4, 0.5) is 0 Å². The second-order valence-electron chi connectivity index (χ2n) is 7.32. The van der Waals surface area contributed by atoms with Crippen LogP contribution in [0.5, 0.6) is 0 Å². The summed E-state index contributed by atoms with van der Waals surface area (Å²) in [5.74, 6) is 0.606. The highest BCUT2D eigenvalue weighted by atomic mass is 16.1. The van der Waals surface area contributed by atoms with Crippen molar-refractivity contribution in [3.8, 4) is 0 Å². The molecule has 1 atom stereocenters. The van der Waals surface area contributed by atoms with Crippen molar-refractivity contribution in [2.75, 3.05) is 26.7 Å². The molecule has 29 heavy (non-hydrogen) atoms. The lowest BCUT2D eigenvalue weighted by atomic mass is 10.2. The summed E-state index contributed by atoms with van der Waals surface area (Å²) in [5, 5.41) is 9.39. The van der Waals surface area contributed by atoms with Crippen molar-refractivity contribution in [2.24, 2.45) is 4.99 Å². The van der Waals surface area contributed by atoms with Gasteiger partial charge in [-0.1, -0.05) is 60.7 Å². The van der Waals surface area contributed by atoms with Crippen LogP contribution in [0.15, 0.2) is 65.7 Å². The van der Waals surface area contributed by atoms with Crippen molar-refractivity contribution >= 4 is 11.9 Å². The lowest BCUT2D eigenvalue weighted by Crippen LogP contribution is -2.47. The molecule has 0 aliphatic carbocycles. The molecule has 0 bridgehead atoms. The molecule has 1 aliphatic rings. The Morgan fingerprint density at radius 2 is 1.69 bits per heavy atom. The number of aliphatic imine (C=N–C) groups is 1. The van der Waals surface area contributed by atoms with E-state index < -0.39 is 0 Å². The Bertz CT molecular complexity index is 778. The standard InChI is InChI=1S/C23H31N5O/c1-24-23(27-17-22(29)25-15-19-9-4-2-5-10-19)26-16-21-13-8-14-28(21)18-20-11-6-3-7-12-20/h2-7,9-12,21H,8,13-18H2,1H3,(H,25,29)(H2,24,26,27). The van der Waals surface area contributed by atoms with Gasteiger partial charge in [0.25, 0.3) is 0 Å². The summed E-state index contributed by atoms with van der Waals surface area (Å²) in [4.78, 5) is 18.8. The van der Waals surface area contributed by atoms with Gasteiger partial charge in [0.1, 0.15) is 0 Å². The van der Waals surface area contributed by atoms with E-state index in [-0.39, 0.29) is 12.5 Å². The second-order valence-corrected chi connectivity index (χ2v) is 7.32. The molecule has 154 valence electrons. The van der Waals surface area contributed by atoms with Crippen LogP contribution in [0, 0.1) is 0 Å². The minimum Gasteiger partial charge on any atom is -0.355 e. The van der Waals surface area contributed by atoms with Gasteiger partial charge in [-0.3, -0.25) is 14.7 Å². The van der Waals surface area contributed by atoms with Gasteiger partial charge in [0.2, 0.25) is 5.91 Å². The van der Waals surface area contributed by atoms with Crippen LogP contribution in [-0.4, -0.2) is 49.5 Å². The zero-order valence-electron chi connectivity index (χ0n) is 17.1. The zero-order valence-corrected chi connectivity index (χ0v) is 17.1. The van der Waals surface area contributed by atoms with Crippen LogP contribution in [0.25, 0.3) is 0 Å². The predicted molar refractivity (Wildman–Crippen MR) is 118 cm³/mol. The lowest BCUT2D eigenvalue weighted by molar-refractivity contribution is -0.120. The first-order valence-corrected chi connectivity index (χ1v) is 10.3. The van der Waals surface area contributed by atoms with E-state index in [1.807, 2.05) is 30.3 Å². The fourth-order valence-electron chi connectivity index (χ4n) is 3.61. The van der Waals surface area contributed by atoms with Gasteiger partial charge >= 0.3 is 0 Å². The van der Waals surface area contributed by atoms with Crippen molar-refractivity contribution < 1.29 is 4.79 Å². The molecule has 6 nitrogen and oxygen atoms in total. The van der Waals surface area contributed by atoms with Gasteiger partial charge in [-0.25, -0.2) is 0 Å². The summed E-state index contributed by atoms with van der Waals surface area (Å²) >= 11 is 0. The zero-order chi connectivity index (χ0) is 20.3. The van der Waals surface area contributed by atoms with Gasteiger partial charge < -0.3 is 16.0 Å². The van der Waals surface area contributed by atoms with E-state index in [9.17, 15) is 4.79 Å². The Morgan fingerprint density at radius 1 is 1.00 bits per heavy atom. The Morgan fingerprint density at radius 3 is 2.38 bits per heavy atom. The maximum absolute atomic E-state index is 12.1. The molecule has 1 unspecified atom stereocenters. The van der Waals surface area contributed by atoms with Gasteiger partial charge in [-0.15, -0.1) is 0 Å². The third-order valence-corrected chi connectivity index (χ3v) is 5.21. The molecular weight excluding hydrogens is 362 g/mol. The highest BCUT2D eigenvalue weighted by molar-refractivity contribution is 5.86. The summed E-state index contributed by atoms with van der Waals surface area (Å²) in [5.41, 5.74) is 2.43. The van der Waals surface area contributed by atoms with Crippen molar-refractivity contribution in [3.05, 3.63) is 71.8 Å². The number of carbonyl (C=O) groups excluding carboxylic acids is 1. The summed E-state index contributed by atoms with van der Waals surface area (Å²) < 4.78 is 0. The molecule has 1 heterocycles. The van der Waals surface area contributed by atoms with Crippen LogP contribution in [0.3, 0.4) is 0 Å². The highest BCUT2D eigenvalue weighted by Crippen LogP contribution is 2.19. The molecule has 1 aliphatic heterocycles. The molecule has 0 radical (unpaired) electrons. The molecule has 1 amide bonds. The van der Waals surface area contributed by atoms with Crippen LogP contribution in [-0.2, 0) is 17.9 Å². The Balaban J connectivity index is 1.38. The Kier molecular flexibility index (Phi) is 8.07. The molecule has 2 aromatic rings. The highest BCUT2D eigenvalue weighted by Gasteiger charge is 2.24. The van der Waals surface area contributed by atoms with E-state index in [1.165, 1.54) is 18.4 Å². The number of rotatable bonds is 8. The van der Waals surface area contributed by atoms with E-state index >= 15 is 0 Å². The monoisotopic (exact) mass is 393 g/mol. The maximum Gasteiger partial charge on any atom is 0.239 e. The third kappa shape index (κ3) is 6.91. The van der Waals surface area contributed by atoms with Crippen LogP contribution in [0.2, 0.25) is 0 Å². The average molecular weight is 394 g/mol. The van der Waals surface area contributed by atoms with Gasteiger partial charge in [0.15, 0.2) is 5.96 Å². The Hall–Kier alpha value is -2.86. The molecular formula is C23H31N5O. The van der Waals surface area contributed by atoms with Gasteiger partial charge in [-0.05, 0) is 30.5 Å². The number of guanidine groups is 1. The fourth-order valence-corrected chi connectivity index (χ4v) is 3.61. The molecule has 1 saturated heterocycles. The van der Waals surface area contributed by atoms with E-state index in [0.29, 0.717) is 18.5 Å². The van der Waals surface area contributed by atoms with E-state index in [4.69, 9.17) is 0 Å². The second kappa shape index (κ2) is 11.2. The smallest absolute Gasteiger partial charge is 0.239 e. The van der Waals surface area contributed by atoms with Crippen molar-refractivity contribution in [2.45, 2.75) is 32.0 Å². The van der Waals surface area contributed by atoms with Gasteiger partial charge in [-0.2, -0.15) is 0 Å².